The minimum atomic E-state index is -0.343. The molecular formula is C17H15BrN2O4. The summed E-state index contributed by atoms with van der Waals surface area (Å²) in [7, 11) is 0. The summed E-state index contributed by atoms with van der Waals surface area (Å²) in [5.41, 5.74) is 4.11. The first-order valence-electron chi connectivity index (χ1n) is 7.23. The van der Waals surface area contributed by atoms with Gasteiger partial charge < -0.3 is 14.2 Å². The van der Waals surface area contributed by atoms with E-state index >= 15 is 0 Å². The van der Waals surface area contributed by atoms with E-state index < -0.39 is 0 Å². The molecule has 0 saturated carbocycles. The Balaban J connectivity index is 1.52. The maximum atomic E-state index is 11.8. The molecule has 0 atom stereocenters. The van der Waals surface area contributed by atoms with Crippen LogP contribution in [0, 0.1) is 0 Å². The SMILES string of the molecule is C/C(=N\NC(=O)COc1ccc2c(c1)OCO2)c1ccc(Br)cc1. The molecule has 124 valence electrons. The summed E-state index contributed by atoms with van der Waals surface area (Å²) in [6.07, 6.45) is 0. The van der Waals surface area contributed by atoms with Gasteiger partial charge in [-0.15, -0.1) is 0 Å². The molecule has 3 rings (SSSR count). The fourth-order valence-corrected chi connectivity index (χ4v) is 2.31. The third-order valence-electron chi connectivity index (χ3n) is 3.32. The molecule has 0 bridgehead atoms. The number of benzene rings is 2. The molecule has 0 spiro atoms. The summed E-state index contributed by atoms with van der Waals surface area (Å²) in [6.45, 7) is 1.88. The number of carbonyl (C=O) groups is 1. The van der Waals surface area contributed by atoms with Crippen LogP contribution in [0.1, 0.15) is 12.5 Å². The average Bonchev–Trinajstić information content (AvgIpc) is 3.06. The van der Waals surface area contributed by atoms with Crippen LogP contribution in [0.2, 0.25) is 0 Å². The van der Waals surface area contributed by atoms with Crippen molar-refractivity contribution in [2.75, 3.05) is 13.4 Å². The number of hydrogen-bond acceptors (Lipinski definition) is 5. The largest absolute Gasteiger partial charge is 0.484 e. The molecule has 0 radical (unpaired) electrons. The second-order valence-electron chi connectivity index (χ2n) is 5.04. The van der Waals surface area contributed by atoms with E-state index in [9.17, 15) is 4.79 Å². The molecule has 0 aromatic heterocycles. The first-order valence-corrected chi connectivity index (χ1v) is 8.02. The third-order valence-corrected chi connectivity index (χ3v) is 3.85. The molecule has 1 N–H and O–H groups in total. The van der Waals surface area contributed by atoms with E-state index in [1.165, 1.54) is 0 Å². The van der Waals surface area contributed by atoms with Crippen LogP contribution in [0.4, 0.5) is 0 Å². The van der Waals surface area contributed by atoms with E-state index in [2.05, 4.69) is 26.5 Å². The van der Waals surface area contributed by atoms with Gasteiger partial charge in [0.25, 0.3) is 5.91 Å². The molecule has 1 amide bonds. The van der Waals surface area contributed by atoms with E-state index in [1.54, 1.807) is 18.2 Å². The molecule has 24 heavy (non-hydrogen) atoms. The van der Waals surface area contributed by atoms with Crippen LogP contribution < -0.4 is 19.6 Å². The molecule has 2 aromatic rings. The lowest BCUT2D eigenvalue weighted by Crippen LogP contribution is -2.25. The highest BCUT2D eigenvalue weighted by molar-refractivity contribution is 9.10. The maximum absolute atomic E-state index is 11.8. The predicted octanol–water partition coefficient (Wildman–Crippen LogP) is 3.10. The van der Waals surface area contributed by atoms with Gasteiger partial charge >= 0.3 is 0 Å². The zero-order valence-electron chi connectivity index (χ0n) is 12.9. The molecule has 0 unspecified atom stereocenters. The number of amides is 1. The number of rotatable bonds is 5. The third kappa shape index (κ3) is 4.05. The average molecular weight is 391 g/mol. The predicted molar refractivity (Wildman–Crippen MR) is 92.6 cm³/mol. The van der Waals surface area contributed by atoms with E-state index in [-0.39, 0.29) is 19.3 Å². The van der Waals surface area contributed by atoms with Crippen LogP contribution in [0.5, 0.6) is 17.2 Å². The number of fused-ring (bicyclic) bond motifs is 1. The van der Waals surface area contributed by atoms with Crippen molar-refractivity contribution < 1.29 is 19.0 Å². The van der Waals surface area contributed by atoms with E-state index in [0.29, 0.717) is 23.0 Å². The van der Waals surface area contributed by atoms with Crippen LogP contribution in [-0.2, 0) is 4.79 Å². The Kier molecular flexibility index (Phi) is 5.00. The summed E-state index contributed by atoms with van der Waals surface area (Å²) in [5.74, 6) is 1.46. The lowest BCUT2D eigenvalue weighted by atomic mass is 10.1. The number of hydrazone groups is 1. The summed E-state index contributed by atoms with van der Waals surface area (Å²) < 4.78 is 16.9. The molecule has 1 aliphatic rings. The quantitative estimate of drug-likeness (QED) is 0.628. The lowest BCUT2D eigenvalue weighted by molar-refractivity contribution is -0.123. The molecule has 6 nitrogen and oxygen atoms in total. The van der Waals surface area contributed by atoms with Gasteiger partial charge in [-0.2, -0.15) is 5.10 Å². The Labute approximate surface area is 147 Å². The van der Waals surface area contributed by atoms with Crippen molar-refractivity contribution in [1.29, 1.82) is 0 Å². The highest BCUT2D eigenvalue weighted by Crippen LogP contribution is 2.34. The molecular weight excluding hydrogens is 376 g/mol. The minimum Gasteiger partial charge on any atom is -0.484 e. The van der Waals surface area contributed by atoms with Crippen molar-refractivity contribution in [1.82, 2.24) is 5.43 Å². The van der Waals surface area contributed by atoms with Gasteiger partial charge in [0.15, 0.2) is 18.1 Å². The van der Waals surface area contributed by atoms with Crippen LogP contribution >= 0.6 is 15.9 Å². The van der Waals surface area contributed by atoms with E-state index in [1.807, 2.05) is 31.2 Å². The second-order valence-corrected chi connectivity index (χ2v) is 5.96. The number of halogens is 1. The number of carbonyl (C=O) groups excluding carboxylic acids is 1. The van der Waals surface area contributed by atoms with Gasteiger partial charge in [-0.3, -0.25) is 4.79 Å². The maximum Gasteiger partial charge on any atom is 0.277 e. The Morgan fingerprint density at radius 2 is 1.96 bits per heavy atom. The van der Waals surface area contributed by atoms with Gasteiger partial charge in [-0.1, -0.05) is 28.1 Å². The second kappa shape index (κ2) is 7.35. The fourth-order valence-electron chi connectivity index (χ4n) is 2.05. The van der Waals surface area contributed by atoms with Crippen molar-refractivity contribution in [3.05, 3.63) is 52.5 Å². The zero-order valence-corrected chi connectivity index (χ0v) is 14.5. The van der Waals surface area contributed by atoms with Crippen LogP contribution in [0.25, 0.3) is 0 Å². The van der Waals surface area contributed by atoms with Gasteiger partial charge in [0.05, 0.1) is 5.71 Å². The molecule has 2 aromatic carbocycles. The molecule has 0 aliphatic carbocycles. The summed E-state index contributed by atoms with van der Waals surface area (Å²) in [6, 6.07) is 12.8. The molecule has 7 heteroatoms. The summed E-state index contributed by atoms with van der Waals surface area (Å²) in [5, 5.41) is 4.07. The Morgan fingerprint density at radius 3 is 2.75 bits per heavy atom. The van der Waals surface area contributed by atoms with Gasteiger partial charge in [0.2, 0.25) is 6.79 Å². The van der Waals surface area contributed by atoms with Gasteiger partial charge in [0.1, 0.15) is 5.75 Å². The molecule has 1 aliphatic heterocycles. The van der Waals surface area contributed by atoms with E-state index in [0.717, 1.165) is 10.0 Å². The van der Waals surface area contributed by atoms with E-state index in [4.69, 9.17) is 14.2 Å². The number of hydrogen-bond donors (Lipinski definition) is 1. The van der Waals surface area contributed by atoms with Crippen molar-refractivity contribution in [2.24, 2.45) is 5.10 Å². The van der Waals surface area contributed by atoms with Gasteiger partial charge in [-0.05, 0) is 36.8 Å². The van der Waals surface area contributed by atoms with Crippen molar-refractivity contribution in [2.45, 2.75) is 6.92 Å². The van der Waals surface area contributed by atoms with Crippen molar-refractivity contribution >= 4 is 27.5 Å². The number of nitrogens with one attached hydrogen (secondary N) is 1. The molecule has 0 fully saturated rings. The molecule has 1 heterocycles. The molecule has 0 saturated heterocycles. The lowest BCUT2D eigenvalue weighted by Gasteiger charge is -2.06. The van der Waals surface area contributed by atoms with Crippen LogP contribution in [0.15, 0.2) is 52.0 Å². The minimum absolute atomic E-state index is 0.142. The monoisotopic (exact) mass is 390 g/mol. The Bertz CT molecular complexity index is 775. The Morgan fingerprint density at radius 1 is 1.21 bits per heavy atom. The van der Waals surface area contributed by atoms with Crippen molar-refractivity contribution in [3.8, 4) is 17.2 Å². The van der Waals surface area contributed by atoms with Gasteiger partial charge in [-0.25, -0.2) is 5.43 Å². The summed E-state index contributed by atoms with van der Waals surface area (Å²) in [4.78, 5) is 11.8. The normalized spacial score (nSPS) is 12.8. The van der Waals surface area contributed by atoms with Crippen molar-refractivity contribution in [3.63, 3.8) is 0 Å². The zero-order chi connectivity index (χ0) is 16.9. The standard InChI is InChI=1S/C17H15BrN2O4/c1-11(12-2-4-13(18)5-3-12)19-20-17(21)9-22-14-6-7-15-16(8-14)24-10-23-15/h2-8H,9-10H2,1H3,(H,20,21)/b19-11+. The first kappa shape index (κ1) is 16.3. The highest BCUT2D eigenvalue weighted by atomic mass is 79.9. The first-order chi connectivity index (χ1) is 11.6. The fraction of sp³-hybridized carbons (Fsp3) is 0.176. The van der Waals surface area contributed by atoms with Crippen LogP contribution in [0.3, 0.4) is 0 Å². The number of ether oxygens (including phenoxy) is 3. The van der Waals surface area contributed by atoms with Gasteiger partial charge in [0, 0.05) is 10.5 Å². The topological polar surface area (TPSA) is 69.2 Å². The van der Waals surface area contributed by atoms with Crippen LogP contribution in [-0.4, -0.2) is 25.0 Å². The number of nitrogens with zero attached hydrogens (tertiary/aromatic N) is 1. The summed E-state index contributed by atoms with van der Waals surface area (Å²) >= 11 is 3.38. The smallest absolute Gasteiger partial charge is 0.277 e. The highest BCUT2D eigenvalue weighted by Gasteiger charge is 2.14. The Hall–Kier alpha value is -2.54.